The van der Waals surface area contributed by atoms with Crippen molar-refractivity contribution < 1.29 is 4.74 Å². The van der Waals surface area contributed by atoms with E-state index in [0.29, 0.717) is 16.6 Å². The Morgan fingerprint density at radius 3 is 2.50 bits per heavy atom. The average Bonchev–Trinajstić information content (AvgIpc) is 2.73. The van der Waals surface area contributed by atoms with Gasteiger partial charge in [-0.2, -0.15) is 5.26 Å². The fraction of sp³-hybridized carbons (Fsp3) is 0.250. The summed E-state index contributed by atoms with van der Waals surface area (Å²) in [5.74, 6) is 0.778. The minimum absolute atomic E-state index is 0.331. The molecule has 0 N–H and O–H groups in total. The number of rotatable bonds is 3. The van der Waals surface area contributed by atoms with E-state index in [4.69, 9.17) is 21.6 Å². The molecule has 0 fully saturated rings. The lowest BCUT2D eigenvalue weighted by Crippen LogP contribution is -1.99. The summed E-state index contributed by atoms with van der Waals surface area (Å²) in [7, 11) is 0. The van der Waals surface area contributed by atoms with Crippen LogP contribution in [-0.2, 0) is 6.61 Å². The molecule has 6 heteroatoms. The van der Waals surface area contributed by atoms with Crippen LogP contribution in [0.15, 0.2) is 12.1 Å². The van der Waals surface area contributed by atoms with Gasteiger partial charge in [0.1, 0.15) is 12.4 Å². The predicted molar refractivity (Wildman–Crippen MR) is 69.9 cm³/mol. The Kier molecular flexibility index (Phi) is 3.80. The molecule has 1 aromatic heterocycles. The van der Waals surface area contributed by atoms with Crippen molar-refractivity contribution in [2.24, 2.45) is 0 Å². The number of hydrogen-bond donors (Lipinski definition) is 0. The van der Waals surface area contributed by atoms with Gasteiger partial charge in [0.25, 0.3) is 0 Å². The number of nitrogens with zero attached hydrogens (tertiary/aromatic N) is 3. The Balaban J connectivity index is 2.17. The number of hydrogen-bond acceptors (Lipinski definition) is 5. The lowest BCUT2D eigenvalue weighted by molar-refractivity contribution is 0.300. The molecule has 0 aliphatic heterocycles. The third kappa shape index (κ3) is 2.78. The Morgan fingerprint density at radius 1 is 1.33 bits per heavy atom. The van der Waals surface area contributed by atoms with E-state index in [1.807, 2.05) is 13.8 Å². The molecule has 0 radical (unpaired) electrons. The molecule has 0 unspecified atom stereocenters. The molecular formula is C12H10ClN3OS. The van der Waals surface area contributed by atoms with E-state index in [1.165, 1.54) is 11.3 Å². The van der Waals surface area contributed by atoms with Crippen LogP contribution in [0.2, 0.25) is 4.47 Å². The van der Waals surface area contributed by atoms with Gasteiger partial charge in [0.15, 0.2) is 5.01 Å². The zero-order valence-corrected chi connectivity index (χ0v) is 11.5. The Hall–Kier alpha value is -1.64. The molecule has 0 saturated carbocycles. The van der Waals surface area contributed by atoms with E-state index in [2.05, 4.69) is 16.3 Å². The smallest absolute Gasteiger partial charge is 0.207 e. The van der Waals surface area contributed by atoms with Gasteiger partial charge in [-0.1, -0.05) is 11.3 Å². The summed E-state index contributed by atoms with van der Waals surface area (Å²) in [6.07, 6.45) is 0. The number of nitriles is 1. The molecule has 0 atom stereocenters. The third-order valence-corrected chi connectivity index (χ3v) is 3.36. The van der Waals surface area contributed by atoms with Crippen LogP contribution >= 0.6 is 22.9 Å². The maximum Gasteiger partial charge on any atom is 0.207 e. The quantitative estimate of drug-likeness (QED) is 0.865. The Morgan fingerprint density at radius 2 is 2.00 bits per heavy atom. The van der Waals surface area contributed by atoms with E-state index in [-0.39, 0.29) is 0 Å². The summed E-state index contributed by atoms with van der Waals surface area (Å²) in [6.45, 7) is 4.16. The average molecular weight is 280 g/mol. The molecule has 1 aromatic carbocycles. The second-order valence-corrected chi connectivity index (χ2v) is 5.43. The molecule has 0 amide bonds. The van der Waals surface area contributed by atoms with Crippen LogP contribution in [-0.4, -0.2) is 10.2 Å². The highest BCUT2D eigenvalue weighted by Crippen LogP contribution is 2.26. The number of aryl methyl sites for hydroxylation is 2. The molecule has 2 aromatic rings. The topological polar surface area (TPSA) is 58.8 Å². The molecule has 18 heavy (non-hydrogen) atoms. The molecule has 0 aliphatic rings. The maximum absolute atomic E-state index is 8.87. The molecule has 0 aliphatic carbocycles. The van der Waals surface area contributed by atoms with Crippen LogP contribution in [0.4, 0.5) is 0 Å². The van der Waals surface area contributed by atoms with E-state index in [9.17, 15) is 0 Å². The fourth-order valence-corrected chi connectivity index (χ4v) is 2.45. The molecule has 92 valence electrons. The molecule has 4 nitrogen and oxygen atoms in total. The van der Waals surface area contributed by atoms with E-state index < -0.39 is 0 Å². The normalized spacial score (nSPS) is 10.1. The highest BCUT2D eigenvalue weighted by molar-refractivity contribution is 7.15. The second kappa shape index (κ2) is 5.34. The monoisotopic (exact) mass is 279 g/mol. The van der Waals surface area contributed by atoms with Gasteiger partial charge in [0.2, 0.25) is 4.47 Å². The zero-order chi connectivity index (χ0) is 13.1. The molecule has 0 saturated heterocycles. The van der Waals surface area contributed by atoms with Gasteiger partial charge in [-0.25, -0.2) is 0 Å². The predicted octanol–water partition coefficient (Wildman–Crippen LogP) is 3.26. The number of aromatic nitrogens is 2. The van der Waals surface area contributed by atoms with Crippen LogP contribution in [0.5, 0.6) is 5.75 Å². The van der Waals surface area contributed by atoms with Crippen molar-refractivity contribution in [2.75, 3.05) is 0 Å². The summed E-state index contributed by atoms with van der Waals surface area (Å²) in [5, 5.41) is 17.2. The van der Waals surface area contributed by atoms with Crippen LogP contribution in [0, 0.1) is 25.2 Å². The van der Waals surface area contributed by atoms with Gasteiger partial charge >= 0.3 is 0 Å². The van der Waals surface area contributed by atoms with E-state index in [0.717, 1.165) is 21.9 Å². The first-order valence-corrected chi connectivity index (χ1v) is 6.41. The first-order chi connectivity index (χ1) is 8.60. The molecule has 0 bridgehead atoms. The van der Waals surface area contributed by atoms with Crippen molar-refractivity contribution in [3.8, 4) is 11.8 Å². The maximum atomic E-state index is 8.87. The van der Waals surface area contributed by atoms with Gasteiger partial charge in [0, 0.05) is 0 Å². The van der Waals surface area contributed by atoms with Crippen LogP contribution in [0.1, 0.15) is 21.7 Å². The van der Waals surface area contributed by atoms with Gasteiger partial charge in [-0.05, 0) is 48.7 Å². The van der Waals surface area contributed by atoms with Gasteiger partial charge in [-0.3, -0.25) is 0 Å². The van der Waals surface area contributed by atoms with E-state index in [1.54, 1.807) is 12.1 Å². The standard InChI is InChI=1S/C12H10ClN3OS/c1-7-3-9(5-14)4-8(2)11(7)17-6-10-15-16-12(13)18-10/h3-4H,6H2,1-2H3. The fourth-order valence-electron chi connectivity index (χ4n) is 1.67. The Bertz CT molecular complexity index is 595. The summed E-state index contributed by atoms with van der Waals surface area (Å²) >= 11 is 6.99. The lowest BCUT2D eigenvalue weighted by Gasteiger charge is -2.11. The SMILES string of the molecule is Cc1cc(C#N)cc(C)c1OCc1nnc(Cl)s1. The van der Waals surface area contributed by atoms with Crippen molar-refractivity contribution in [1.82, 2.24) is 10.2 Å². The molecular weight excluding hydrogens is 270 g/mol. The molecule has 1 heterocycles. The van der Waals surface area contributed by atoms with Crippen molar-refractivity contribution in [2.45, 2.75) is 20.5 Å². The lowest BCUT2D eigenvalue weighted by atomic mass is 10.1. The van der Waals surface area contributed by atoms with Crippen LogP contribution < -0.4 is 4.74 Å². The van der Waals surface area contributed by atoms with Gasteiger partial charge < -0.3 is 4.74 Å². The first kappa shape index (κ1) is 12.8. The van der Waals surface area contributed by atoms with Crippen LogP contribution in [0.3, 0.4) is 0 Å². The second-order valence-electron chi connectivity index (χ2n) is 3.79. The summed E-state index contributed by atoms with van der Waals surface area (Å²) in [5.41, 5.74) is 2.50. The van der Waals surface area contributed by atoms with Gasteiger partial charge in [-0.15, -0.1) is 10.2 Å². The molecule has 0 spiro atoms. The van der Waals surface area contributed by atoms with Crippen molar-refractivity contribution in [1.29, 1.82) is 5.26 Å². The Labute approximate surface area is 114 Å². The summed E-state index contributed by atoms with van der Waals surface area (Å²) < 4.78 is 6.11. The highest BCUT2D eigenvalue weighted by atomic mass is 35.5. The number of halogens is 1. The zero-order valence-electron chi connectivity index (χ0n) is 9.90. The number of ether oxygens (including phenoxy) is 1. The van der Waals surface area contributed by atoms with Gasteiger partial charge in [0.05, 0.1) is 11.6 Å². The summed E-state index contributed by atoms with van der Waals surface area (Å²) in [6, 6.07) is 5.72. The van der Waals surface area contributed by atoms with E-state index >= 15 is 0 Å². The van der Waals surface area contributed by atoms with Crippen molar-refractivity contribution in [3.05, 3.63) is 38.3 Å². The van der Waals surface area contributed by atoms with Crippen molar-refractivity contribution in [3.63, 3.8) is 0 Å². The first-order valence-electron chi connectivity index (χ1n) is 5.22. The minimum atomic E-state index is 0.331. The summed E-state index contributed by atoms with van der Waals surface area (Å²) in [4.78, 5) is 0. The largest absolute Gasteiger partial charge is 0.486 e. The highest BCUT2D eigenvalue weighted by Gasteiger charge is 2.08. The minimum Gasteiger partial charge on any atom is -0.486 e. The van der Waals surface area contributed by atoms with Crippen LogP contribution in [0.25, 0.3) is 0 Å². The number of benzene rings is 1. The third-order valence-electron chi connectivity index (χ3n) is 2.37. The molecule has 2 rings (SSSR count). The van der Waals surface area contributed by atoms with Crippen molar-refractivity contribution >= 4 is 22.9 Å².